The van der Waals surface area contributed by atoms with Crippen LogP contribution in [0, 0.1) is 0 Å². The minimum absolute atomic E-state index is 0.0508. The molecule has 1 aliphatic rings. The second-order valence-electron chi connectivity index (χ2n) is 4.63. The summed E-state index contributed by atoms with van der Waals surface area (Å²) in [6.45, 7) is 1.60. The maximum atomic E-state index is 11.7. The van der Waals surface area contributed by atoms with Gasteiger partial charge in [0.25, 0.3) is 0 Å². The molecular formula is C14H19N3O2. The molecule has 3 N–H and O–H groups in total. The van der Waals surface area contributed by atoms with Crippen molar-refractivity contribution in [3.05, 3.63) is 29.8 Å². The Bertz CT molecular complexity index is 474. The maximum absolute atomic E-state index is 11.7. The first-order valence-corrected chi connectivity index (χ1v) is 6.57. The van der Waals surface area contributed by atoms with Gasteiger partial charge in [-0.25, -0.2) is 0 Å². The number of amides is 2. The lowest BCUT2D eigenvalue weighted by atomic mass is 10.2. The highest BCUT2D eigenvalue weighted by molar-refractivity contribution is 5.95. The van der Waals surface area contributed by atoms with E-state index in [2.05, 4.69) is 5.32 Å². The van der Waals surface area contributed by atoms with Gasteiger partial charge in [0.2, 0.25) is 11.8 Å². The van der Waals surface area contributed by atoms with E-state index in [-0.39, 0.29) is 11.8 Å². The summed E-state index contributed by atoms with van der Waals surface area (Å²) in [5.74, 6) is 0.120. The van der Waals surface area contributed by atoms with Crippen LogP contribution in [0.3, 0.4) is 0 Å². The fraction of sp³-hybridized carbons (Fsp3) is 0.429. The highest BCUT2D eigenvalue weighted by atomic mass is 16.2. The molecule has 102 valence electrons. The van der Waals surface area contributed by atoms with Crippen molar-refractivity contribution in [2.45, 2.75) is 25.8 Å². The number of nitrogens with two attached hydrogens (primary N) is 1. The SMILES string of the molecule is NCCC(=O)NCc1cccc(N2CCCC2=O)c1. The molecule has 1 aliphatic heterocycles. The fourth-order valence-corrected chi connectivity index (χ4v) is 2.18. The molecular weight excluding hydrogens is 242 g/mol. The van der Waals surface area contributed by atoms with Gasteiger partial charge >= 0.3 is 0 Å². The van der Waals surface area contributed by atoms with Gasteiger partial charge in [0.05, 0.1) is 0 Å². The molecule has 0 spiro atoms. The molecule has 19 heavy (non-hydrogen) atoms. The highest BCUT2D eigenvalue weighted by Crippen LogP contribution is 2.22. The van der Waals surface area contributed by atoms with E-state index in [0.29, 0.717) is 25.9 Å². The summed E-state index contributed by atoms with van der Waals surface area (Å²) < 4.78 is 0. The number of carbonyl (C=O) groups excluding carboxylic acids is 2. The third-order valence-corrected chi connectivity index (χ3v) is 3.16. The van der Waals surface area contributed by atoms with Gasteiger partial charge in [0.15, 0.2) is 0 Å². The Labute approximate surface area is 112 Å². The number of hydrogen-bond donors (Lipinski definition) is 2. The normalized spacial score (nSPS) is 14.8. The Kier molecular flexibility index (Phi) is 4.52. The van der Waals surface area contributed by atoms with Gasteiger partial charge in [-0.15, -0.1) is 0 Å². The smallest absolute Gasteiger partial charge is 0.227 e. The van der Waals surface area contributed by atoms with Crippen molar-refractivity contribution in [2.75, 3.05) is 18.0 Å². The van der Waals surface area contributed by atoms with Gasteiger partial charge < -0.3 is 16.0 Å². The first kappa shape index (κ1) is 13.5. The highest BCUT2D eigenvalue weighted by Gasteiger charge is 2.21. The number of hydrogen-bond acceptors (Lipinski definition) is 3. The van der Waals surface area contributed by atoms with Crippen LogP contribution in [-0.2, 0) is 16.1 Å². The summed E-state index contributed by atoms with van der Waals surface area (Å²) >= 11 is 0. The van der Waals surface area contributed by atoms with E-state index in [1.165, 1.54) is 0 Å². The van der Waals surface area contributed by atoms with Gasteiger partial charge in [-0.2, -0.15) is 0 Å². The largest absolute Gasteiger partial charge is 0.352 e. The second-order valence-corrected chi connectivity index (χ2v) is 4.63. The Hall–Kier alpha value is -1.88. The molecule has 0 atom stereocenters. The third kappa shape index (κ3) is 3.54. The topological polar surface area (TPSA) is 75.4 Å². The van der Waals surface area contributed by atoms with Gasteiger partial charge in [-0.05, 0) is 24.1 Å². The van der Waals surface area contributed by atoms with Crippen LogP contribution < -0.4 is 16.0 Å². The third-order valence-electron chi connectivity index (χ3n) is 3.16. The molecule has 1 aromatic carbocycles. The van der Waals surface area contributed by atoms with E-state index < -0.39 is 0 Å². The monoisotopic (exact) mass is 261 g/mol. The Balaban J connectivity index is 1.99. The number of benzene rings is 1. The number of anilines is 1. The first-order chi connectivity index (χ1) is 9.20. The van der Waals surface area contributed by atoms with Gasteiger partial charge in [0.1, 0.15) is 0 Å². The van der Waals surface area contributed by atoms with Crippen LogP contribution in [0.2, 0.25) is 0 Å². The van der Waals surface area contributed by atoms with Crippen LogP contribution in [0.4, 0.5) is 5.69 Å². The van der Waals surface area contributed by atoms with E-state index in [4.69, 9.17) is 5.73 Å². The molecule has 0 radical (unpaired) electrons. The molecule has 0 unspecified atom stereocenters. The van der Waals surface area contributed by atoms with Crippen molar-refractivity contribution in [1.82, 2.24) is 5.32 Å². The summed E-state index contributed by atoms with van der Waals surface area (Å²) in [6, 6.07) is 7.72. The lowest BCUT2D eigenvalue weighted by Crippen LogP contribution is -2.26. The predicted molar refractivity (Wildman–Crippen MR) is 73.5 cm³/mol. The number of nitrogens with one attached hydrogen (secondary N) is 1. The molecule has 0 bridgehead atoms. The molecule has 0 aliphatic carbocycles. The van der Waals surface area contributed by atoms with E-state index in [0.717, 1.165) is 24.2 Å². The number of rotatable bonds is 5. The lowest BCUT2D eigenvalue weighted by molar-refractivity contribution is -0.121. The summed E-state index contributed by atoms with van der Waals surface area (Å²) in [5, 5.41) is 2.81. The zero-order valence-electron chi connectivity index (χ0n) is 10.9. The molecule has 1 saturated heterocycles. The Morgan fingerprint density at radius 1 is 1.42 bits per heavy atom. The molecule has 0 aromatic heterocycles. The predicted octanol–water partition coefficient (Wildman–Crippen LogP) is 0.778. The molecule has 0 saturated carbocycles. The van der Waals surface area contributed by atoms with E-state index >= 15 is 0 Å². The van der Waals surface area contributed by atoms with Crippen LogP contribution in [-0.4, -0.2) is 24.9 Å². The zero-order chi connectivity index (χ0) is 13.7. The fourth-order valence-electron chi connectivity index (χ4n) is 2.18. The average molecular weight is 261 g/mol. The standard InChI is InChI=1S/C14H19N3O2/c15-7-6-13(18)16-10-11-3-1-4-12(9-11)17-8-2-5-14(17)19/h1,3-4,9H,2,5-8,10,15H2,(H,16,18). The summed E-state index contributed by atoms with van der Waals surface area (Å²) in [6.07, 6.45) is 1.87. The lowest BCUT2D eigenvalue weighted by Gasteiger charge is -2.16. The molecule has 1 fully saturated rings. The molecule has 1 aromatic rings. The molecule has 1 heterocycles. The van der Waals surface area contributed by atoms with Crippen molar-refractivity contribution >= 4 is 17.5 Å². The minimum atomic E-state index is -0.0508. The van der Waals surface area contributed by atoms with Crippen molar-refractivity contribution in [2.24, 2.45) is 5.73 Å². The van der Waals surface area contributed by atoms with Gasteiger partial charge in [-0.3, -0.25) is 9.59 Å². The van der Waals surface area contributed by atoms with Crippen LogP contribution in [0.15, 0.2) is 24.3 Å². The second kappa shape index (κ2) is 6.33. The number of carbonyl (C=O) groups is 2. The molecule has 5 heteroatoms. The number of nitrogens with zero attached hydrogens (tertiary/aromatic N) is 1. The summed E-state index contributed by atoms with van der Waals surface area (Å²) in [7, 11) is 0. The van der Waals surface area contributed by atoms with Crippen LogP contribution >= 0.6 is 0 Å². The Morgan fingerprint density at radius 2 is 2.26 bits per heavy atom. The molecule has 2 rings (SSSR count). The van der Waals surface area contributed by atoms with E-state index in [1.54, 1.807) is 4.90 Å². The average Bonchev–Trinajstić information content (AvgIpc) is 2.83. The van der Waals surface area contributed by atoms with E-state index in [1.807, 2.05) is 24.3 Å². The Morgan fingerprint density at radius 3 is 2.95 bits per heavy atom. The van der Waals surface area contributed by atoms with Crippen molar-refractivity contribution in [3.8, 4) is 0 Å². The van der Waals surface area contributed by atoms with Crippen molar-refractivity contribution in [3.63, 3.8) is 0 Å². The molecule has 5 nitrogen and oxygen atoms in total. The molecule has 2 amide bonds. The summed E-state index contributed by atoms with van der Waals surface area (Å²) in [5.41, 5.74) is 7.21. The van der Waals surface area contributed by atoms with Crippen LogP contribution in [0.5, 0.6) is 0 Å². The van der Waals surface area contributed by atoms with Crippen molar-refractivity contribution in [1.29, 1.82) is 0 Å². The van der Waals surface area contributed by atoms with Gasteiger partial charge in [0, 0.05) is 38.2 Å². The quantitative estimate of drug-likeness (QED) is 0.822. The van der Waals surface area contributed by atoms with E-state index in [9.17, 15) is 9.59 Å². The minimum Gasteiger partial charge on any atom is -0.352 e. The van der Waals surface area contributed by atoms with Gasteiger partial charge in [-0.1, -0.05) is 12.1 Å². The first-order valence-electron chi connectivity index (χ1n) is 6.57. The maximum Gasteiger partial charge on any atom is 0.227 e. The zero-order valence-corrected chi connectivity index (χ0v) is 10.9. The van der Waals surface area contributed by atoms with Crippen molar-refractivity contribution < 1.29 is 9.59 Å². The summed E-state index contributed by atoms with van der Waals surface area (Å²) in [4.78, 5) is 24.8. The van der Waals surface area contributed by atoms with Crippen LogP contribution in [0.1, 0.15) is 24.8 Å². The van der Waals surface area contributed by atoms with Crippen LogP contribution in [0.25, 0.3) is 0 Å².